The predicted molar refractivity (Wildman–Crippen MR) is 93.0 cm³/mol. The molecule has 2 aliphatic carbocycles. The second-order valence-electron chi connectivity index (χ2n) is 8.46. The highest BCUT2D eigenvalue weighted by Crippen LogP contribution is 2.61. The average Bonchev–Trinajstić information content (AvgIpc) is 2.78. The van der Waals surface area contributed by atoms with Gasteiger partial charge in [-0.25, -0.2) is 9.97 Å². The van der Waals surface area contributed by atoms with Gasteiger partial charge in [0.2, 0.25) is 0 Å². The molecule has 0 bridgehead atoms. The Labute approximate surface area is 142 Å². The number of aryl methyl sites for hydroxylation is 2. The summed E-state index contributed by atoms with van der Waals surface area (Å²) in [6, 6.07) is 1.99. The van der Waals surface area contributed by atoms with Gasteiger partial charge in [0.1, 0.15) is 6.33 Å². The summed E-state index contributed by atoms with van der Waals surface area (Å²) in [4.78, 5) is 21.7. The molecule has 1 N–H and O–H groups in total. The molecular formula is C19H26N4O. The summed E-state index contributed by atoms with van der Waals surface area (Å²) in [5.41, 5.74) is 3.42. The van der Waals surface area contributed by atoms with E-state index >= 15 is 0 Å². The summed E-state index contributed by atoms with van der Waals surface area (Å²) in [6.07, 6.45) is 8.32. The normalized spacial score (nSPS) is 20.0. The van der Waals surface area contributed by atoms with Crippen molar-refractivity contribution in [3.63, 3.8) is 0 Å². The molecule has 2 heterocycles. The van der Waals surface area contributed by atoms with E-state index in [1.807, 2.05) is 24.3 Å². The van der Waals surface area contributed by atoms with Crippen molar-refractivity contribution in [3.8, 4) is 0 Å². The van der Waals surface area contributed by atoms with Crippen molar-refractivity contribution >= 4 is 11.6 Å². The second kappa shape index (κ2) is 5.04. The molecule has 1 spiro atoms. The quantitative estimate of drug-likeness (QED) is 0.940. The Bertz CT molecular complexity index is 808. The zero-order valence-electron chi connectivity index (χ0n) is 15.0. The summed E-state index contributed by atoms with van der Waals surface area (Å²) in [5.74, 6) is 0.446. The van der Waals surface area contributed by atoms with Gasteiger partial charge >= 0.3 is 0 Å². The lowest BCUT2D eigenvalue weighted by atomic mass is 9.48. The van der Waals surface area contributed by atoms with Gasteiger partial charge in [-0.1, -0.05) is 6.42 Å². The molecule has 0 atom stereocenters. The van der Waals surface area contributed by atoms with Crippen LogP contribution in [0, 0.1) is 25.2 Å². The number of hydrogen-bond donors (Lipinski definition) is 1. The van der Waals surface area contributed by atoms with Gasteiger partial charge < -0.3 is 5.32 Å². The van der Waals surface area contributed by atoms with Crippen LogP contribution < -0.4 is 5.32 Å². The van der Waals surface area contributed by atoms with E-state index in [0.717, 1.165) is 11.4 Å². The number of aromatic nitrogens is 3. The van der Waals surface area contributed by atoms with Crippen molar-refractivity contribution in [1.29, 1.82) is 0 Å². The molecule has 2 aromatic rings. The first-order chi connectivity index (χ1) is 11.3. The van der Waals surface area contributed by atoms with Gasteiger partial charge in [-0.15, -0.1) is 0 Å². The number of carbonyl (C=O) groups excluding carboxylic acids is 1. The molecule has 0 radical (unpaired) electrons. The molecule has 128 valence electrons. The molecule has 2 aliphatic rings. The maximum Gasteiger partial charge on any atom is 0.274 e. The van der Waals surface area contributed by atoms with E-state index in [2.05, 4.69) is 29.1 Å². The molecule has 5 heteroatoms. The smallest absolute Gasteiger partial charge is 0.274 e. The fourth-order valence-corrected chi connectivity index (χ4v) is 4.47. The Kier molecular flexibility index (Phi) is 3.28. The zero-order chi connectivity index (χ0) is 17.1. The van der Waals surface area contributed by atoms with Gasteiger partial charge in [-0.2, -0.15) is 0 Å². The fourth-order valence-electron chi connectivity index (χ4n) is 4.47. The largest absolute Gasteiger partial charge is 0.345 e. The van der Waals surface area contributed by atoms with E-state index in [-0.39, 0.29) is 11.4 Å². The molecule has 2 fully saturated rings. The third-order valence-electron chi connectivity index (χ3n) is 6.27. The van der Waals surface area contributed by atoms with Gasteiger partial charge in [0.05, 0.1) is 0 Å². The number of hydrogen-bond acceptors (Lipinski definition) is 3. The number of nitrogens with one attached hydrogen (secondary N) is 1. The Morgan fingerprint density at radius 2 is 2.04 bits per heavy atom. The highest BCUT2D eigenvalue weighted by Gasteiger charge is 2.53. The minimum atomic E-state index is -0.202. The Morgan fingerprint density at radius 3 is 2.67 bits per heavy atom. The Hall–Kier alpha value is -1.91. The lowest BCUT2D eigenvalue weighted by Crippen LogP contribution is -2.57. The van der Waals surface area contributed by atoms with Gasteiger partial charge in [0.15, 0.2) is 11.3 Å². The predicted octanol–water partition coefficient (Wildman–Crippen LogP) is 3.43. The number of rotatable bonds is 3. The molecule has 24 heavy (non-hydrogen) atoms. The van der Waals surface area contributed by atoms with Crippen LogP contribution in [0.4, 0.5) is 0 Å². The number of amides is 1. The van der Waals surface area contributed by atoms with Crippen LogP contribution in [-0.4, -0.2) is 25.8 Å². The van der Waals surface area contributed by atoms with Crippen LogP contribution in [-0.2, 0) is 0 Å². The summed E-state index contributed by atoms with van der Waals surface area (Å²) in [7, 11) is 0. The minimum Gasteiger partial charge on any atom is -0.345 e. The first kappa shape index (κ1) is 15.6. The van der Waals surface area contributed by atoms with Crippen molar-refractivity contribution in [2.45, 2.75) is 65.3 Å². The highest BCUT2D eigenvalue weighted by molar-refractivity contribution is 5.98. The van der Waals surface area contributed by atoms with E-state index in [0.29, 0.717) is 22.7 Å². The summed E-state index contributed by atoms with van der Waals surface area (Å²) in [5, 5.41) is 3.22. The van der Waals surface area contributed by atoms with Crippen molar-refractivity contribution < 1.29 is 4.79 Å². The van der Waals surface area contributed by atoms with Gasteiger partial charge in [-0.05, 0) is 70.8 Å². The number of nitrogens with zero attached hydrogens (tertiary/aromatic N) is 3. The summed E-state index contributed by atoms with van der Waals surface area (Å²) in [6.45, 7) is 8.23. The molecule has 0 aromatic carbocycles. The molecule has 2 saturated carbocycles. The van der Waals surface area contributed by atoms with E-state index in [1.54, 1.807) is 6.33 Å². The first-order valence-corrected chi connectivity index (χ1v) is 8.94. The lowest BCUT2D eigenvalue weighted by Gasteiger charge is -2.58. The number of fused-ring (bicyclic) bond motifs is 1. The Morgan fingerprint density at radius 1 is 1.33 bits per heavy atom. The van der Waals surface area contributed by atoms with Crippen LogP contribution >= 0.6 is 0 Å². The standard InChI is InChI=1S/C19H26N4O/c1-12-8-13(2)23-11-20-15(16(23)21-12)17(24)22-18(3,4)14-9-19(10-14)6-5-7-19/h8,11,14H,5-7,9-10H2,1-4H3,(H,22,24). The molecule has 0 unspecified atom stereocenters. The highest BCUT2D eigenvalue weighted by atomic mass is 16.2. The topological polar surface area (TPSA) is 59.3 Å². The minimum absolute atomic E-state index is 0.116. The van der Waals surface area contributed by atoms with Crippen LogP contribution in [0.25, 0.3) is 5.65 Å². The molecule has 2 aromatic heterocycles. The average molecular weight is 326 g/mol. The van der Waals surface area contributed by atoms with E-state index < -0.39 is 0 Å². The van der Waals surface area contributed by atoms with Gasteiger partial charge in [0.25, 0.3) is 5.91 Å². The van der Waals surface area contributed by atoms with Crippen LogP contribution in [0.15, 0.2) is 12.4 Å². The lowest BCUT2D eigenvalue weighted by molar-refractivity contribution is -0.0573. The number of imidazole rings is 1. The van der Waals surface area contributed by atoms with E-state index in [9.17, 15) is 4.79 Å². The molecular weight excluding hydrogens is 300 g/mol. The van der Waals surface area contributed by atoms with Crippen molar-refractivity contribution in [2.75, 3.05) is 0 Å². The molecule has 1 amide bonds. The van der Waals surface area contributed by atoms with Crippen LogP contribution in [0.2, 0.25) is 0 Å². The molecule has 0 aliphatic heterocycles. The monoisotopic (exact) mass is 326 g/mol. The van der Waals surface area contributed by atoms with E-state index in [4.69, 9.17) is 0 Å². The van der Waals surface area contributed by atoms with Gasteiger partial charge in [0, 0.05) is 16.9 Å². The van der Waals surface area contributed by atoms with Crippen LogP contribution in [0.3, 0.4) is 0 Å². The first-order valence-electron chi connectivity index (χ1n) is 8.94. The second-order valence-corrected chi connectivity index (χ2v) is 8.46. The maximum absolute atomic E-state index is 12.8. The maximum atomic E-state index is 12.8. The van der Waals surface area contributed by atoms with E-state index in [1.165, 1.54) is 32.1 Å². The van der Waals surface area contributed by atoms with Crippen molar-refractivity contribution in [1.82, 2.24) is 19.7 Å². The van der Waals surface area contributed by atoms with Crippen LogP contribution in [0.1, 0.15) is 67.8 Å². The summed E-state index contributed by atoms with van der Waals surface area (Å²) >= 11 is 0. The SMILES string of the molecule is Cc1cc(C)n2cnc(C(=O)NC(C)(C)C3CC4(CCC4)C3)c2n1. The molecule has 5 nitrogen and oxygen atoms in total. The van der Waals surface area contributed by atoms with Crippen molar-refractivity contribution in [3.05, 3.63) is 29.5 Å². The van der Waals surface area contributed by atoms with Crippen LogP contribution in [0.5, 0.6) is 0 Å². The van der Waals surface area contributed by atoms with Gasteiger partial charge in [-0.3, -0.25) is 9.20 Å². The number of carbonyl (C=O) groups is 1. The fraction of sp³-hybridized carbons (Fsp3) is 0.632. The Balaban J connectivity index is 1.54. The molecule has 4 rings (SSSR count). The summed E-state index contributed by atoms with van der Waals surface area (Å²) < 4.78 is 1.88. The third-order valence-corrected chi connectivity index (χ3v) is 6.27. The zero-order valence-corrected chi connectivity index (χ0v) is 15.0. The molecule has 0 saturated heterocycles. The van der Waals surface area contributed by atoms with Crippen molar-refractivity contribution in [2.24, 2.45) is 11.3 Å². The third kappa shape index (κ3) is 2.33.